The molecule has 98 valence electrons. The molecule has 1 aliphatic rings. The number of ether oxygens (including phenoxy) is 1. The van der Waals surface area contributed by atoms with Gasteiger partial charge in [-0.3, -0.25) is 4.79 Å². The first-order valence-corrected chi connectivity index (χ1v) is 7.24. The fourth-order valence-corrected chi connectivity index (χ4v) is 3.35. The topological polar surface area (TPSA) is 26.3 Å². The number of hydrogen-bond donors (Lipinski definition) is 0. The third-order valence-electron chi connectivity index (χ3n) is 3.65. The molecule has 2 rings (SSSR count). The Hall–Kier alpha value is -0.830. The van der Waals surface area contributed by atoms with E-state index in [0.717, 1.165) is 31.2 Å². The van der Waals surface area contributed by atoms with Crippen molar-refractivity contribution in [2.45, 2.75) is 43.4 Å². The molecule has 0 amide bonds. The minimum absolute atomic E-state index is 0.169. The second-order valence-corrected chi connectivity index (χ2v) is 6.58. The highest BCUT2D eigenvalue weighted by atomic mass is 79.9. The van der Waals surface area contributed by atoms with E-state index in [2.05, 4.69) is 15.9 Å². The van der Waals surface area contributed by atoms with E-state index in [4.69, 9.17) is 4.74 Å². The first kappa shape index (κ1) is 13.6. The lowest BCUT2D eigenvalue weighted by Crippen LogP contribution is -2.34. The molecule has 1 aromatic carbocycles. The van der Waals surface area contributed by atoms with Crippen molar-refractivity contribution in [1.29, 1.82) is 0 Å². The van der Waals surface area contributed by atoms with Gasteiger partial charge < -0.3 is 4.74 Å². The van der Waals surface area contributed by atoms with Crippen LogP contribution in [0.3, 0.4) is 0 Å². The SMILES string of the molecule is COc1ccc(C)cc1C(=O)C1(Br)CCCCC1. The van der Waals surface area contributed by atoms with Crippen molar-refractivity contribution in [3.8, 4) is 5.75 Å². The summed E-state index contributed by atoms with van der Waals surface area (Å²) >= 11 is 3.68. The number of alkyl halides is 1. The van der Waals surface area contributed by atoms with Crippen LogP contribution in [-0.4, -0.2) is 17.2 Å². The maximum Gasteiger partial charge on any atom is 0.183 e. The van der Waals surface area contributed by atoms with Crippen molar-refractivity contribution in [1.82, 2.24) is 0 Å². The Balaban J connectivity index is 2.35. The van der Waals surface area contributed by atoms with Gasteiger partial charge in [-0.1, -0.05) is 46.8 Å². The lowest BCUT2D eigenvalue weighted by atomic mass is 9.83. The van der Waals surface area contributed by atoms with Gasteiger partial charge in [-0.25, -0.2) is 0 Å². The van der Waals surface area contributed by atoms with Crippen LogP contribution in [0.4, 0.5) is 0 Å². The number of hydrogen-bond acceptors (Lipinski definition) is 2. The van der Waals surface area contributed by atoms with E-state index in [0.29, 0.717) is 11.3 Å². The molecule has 0 aromatic heterocycles. The van der Waals surface area contributed by atoms with E-state index in [1.807, 2.05) is 25.1 Å². The summed E-state index contributed by atoms with van der Waals surface area (Å²) in [6, 6.07) is 5.78. The first-order valence-electron chi connectivity index (χ1n) is 6.45. The lowest BCUT2D eigenvalue weighted by molar-refractivity contribution is 0.0920. The fraction of sp³-hybridized carbons (Fsp3) is 0.533. The van der Waals surface area contributed by atoms with Gasteiger partial charge >= 0.3 is 0 Å². The predicted octanol–water partition coefficient (Wildman–Crippen LogP) is 4.28. The zero-order valence-corrected chi connectivity index (χ0v) is 12.5. The van der Waals surface area contributed by atoms with Crippen LogP contribution in [0, 0.1) is 6.92 Å². The summed E-state index contributed by atoms with van der Waals surface area (Å²) < 4.78 is 4.93. The van der Waals surface area contributed by atoms with E-state index < -0.39 is 0 Å². The maximum absolute atomic E-state index is 12.7. The molecule has 3 heteroatoms. The van der Waals surface area contributed by atoms with Gasteiger partial charge in [0.2, 0.25) is 0 Å². The van der Waals surface area contributed by atoms with Crippen molar-refractivity contribution in [3.05, 3.63) is 29.3 Å². The van der Waals surface area contributed by atoms with Crippen molar-refractivity contribution in [2.75, 3.05) is 7.11 Å². The number of halogens is 1. The zero-order chi connectivity index (χ0) is 13.2. The van der Waals surface area contributed by atoms with Crippen LogP contribution < -0.4 is 4.74 Å². The number of benzene rings is 1. The van der Waals surface area contributed by atoms with E-state index in [-0.39, 0.29) is 10.1 Å². The Morgan fingerprint density at radius 1 is 1.28 bits per heavy atom. The number of rotatable bonds is 3. The van der Waals surface area contributed by atoms with Crippen LogP contribution >= 0.6 is 15.9 Å². The molecule has 0 spiro atoms. The monoisotopic (exact) mass is 310 g/mol. The molecule has 0 unspecified atom stereocenters. The molecule has 2 nitrogen and oxygen atoms in total. The van der Waals surface area contributed by atoms with E-state index in [1.54, 1.807) is 7.11 Å². The molecular formula is C15H19BrO2. The molecule has 1 fully saturated rings. The van der Waals surface area contributed by atoms with Gasteiger partial charge in [-0.05, 0) is 31.9 Å². The molecule has 0 bridgehead atoms. The van der Waals surface area contributed by atoms with Gasteiger partial charge in [0, 0.05) is 0 Å². The third-order valence-corrected chi connectivity index (χ3v) is 4.81. The summed E-state index contributed by atoms with van der Waals surface area (Å²) in [5.41, 5.74) is 1.79. The summed E-state index contributed by atoms with van der Waals surface area (Å²) in [6.45, 7) is 2.00. The third kappa shape index (κ3) is 2.61. The van der Waals surface area contributed by atoms with Gasteiger partial charge in [0.15, 0.2) is 5.78 Å². The number of methoxy groups -OCH3 is 1. The van der Waals surface area contributed by atoms with Crippen LogP contribution in [0.2, 0.25) is 0 Å². The minimum Gasteiger partial charge on any atom is -0.496 e. The normalized spacial score (nSPS) is 18.4. The number of Topliss-reactive ketones (excluding diaryl/α,β-unsaturated/α-hetero) is 1. The quantitative estimate of drug-likeness (QED) is 0.615. The summed E-state index contributed by atoms with van der Waals surface area (Å²) in [7, 11) is 1.61. The summed E-state index contributed by atoms with van der Waals surface area (Å²) in [5, 5.41) is 0. The summed E-state index contributed by atoms with van der Waals surface area (Å²) in [6.07, 6.45) is 5.30. The molecule has 0 saturated heterocycles. The molecule has 1 saturated carbocycles. The molecule has 0 radical (unpaired) electrons. The average Bonchev–Trinajstić information content (AvgIpc) is 2.38. The highest BCUT2D eigenvalue weighted by Crippen LogP contribution is 2.40. The van der Waals surface area contributed by atoms with Gasteiger partial charge in [-0.15, -0.1) is 0 Å². The average molecular weight is 311 g/mol. The molecule has 0 heterocycles. The minimum atomic E-state index is -0.383. The number of carbonyl (C=O) groups excluding carboxylic acids is 1. The molecule has 0 N–H and O–H groups in total. The zero-order valence-electron chi connectivity index (χ0n) is 11.0. The Morgan fingerprint density at radius 2 is 1.94 bits per heavy atom. The van der Waals surface area contributed by atoms with Crippen molar-refractivity contribution >= 4 is 21.7 Å². The Kier molecular flexibility index (Phi) is 4.10. The van der Waals surface area contributed by atoms with Crippen LogP contribution in [0.15, 0.2) is 18.2 Å². The first-order chi connectivity index (χ1) is 8.57. The highest BCUT2D eigenvalue weighted by molar-refractivity contribution is 9.10. The van der Waals surface area contributed by atoms with E-state index >= 15 is 0 Å². The van der Waals surface area contributed by atoms with Gasteiger partial charge in [-0.2, -0.15) is 0 Å². The molecular weight excluding hydrogens is 292 g/mol. The maximum atomic E-state index is 12.7. The molecule has 18 heavy (non-hydrogen) atoms. The van der Waals surface area contributed by atoms with Crippen molar-refractivity contribution in [3.63, 3.8) is 0 Å². The van der Waals surface area contributed by atoms with Gasteiger partial charge in [0.05, 0.1) is 17.0 Å². The van der Waals surface area contributed by atoms with Crippen LogP contribution in [0.25, 0.3) is 0 Å². The molecule has 0 aliphatic heterocycles. The number of ketones is 1. The Labute approximate surface area is 117 Å². The number of carbonyl (C=O) groups is 1. The van der Waals surface area contributed by atoms with E-state index in [9.17, 15) is 4.79 Å². The predicted molar refractivity (Wildman–Crippen MR) is 76.8 cm³/mol. The van der Waals surface area contributed by atoms with Crippen molar-refractivity contribution < 1.29 is 9.53 Å². The summed E-state index contributed by atoms with van der Waals surface area (Å²) in [5.74, 6) is 0.845. The van der Waals surface area contributed by atoms with Crippen LogP contribution in [0.5, 0.6) is 5.75 Å². The highest BCUT2D eigenvalue weighted by Gasteiger charge is 2.38. The second kappa shape index (κ2) is 5.43. The van der Waals surface area contributed by atoms with Crippen LogP contribution in [-0.2, 0) is 0 Å². The van der Waals surface area contributed by atoms with Gasteiger partial charge in [0.1, 0.15) is 5.75 Å². The van der Waals surface area contributed by atoms with Crippen molar-refractivity contribution in [2.24, 2.45) is 0 Å². The standard InChI is InChI=1S/C15H19BrO2/c1-11-6-7-13(18-2)12(10-11)14(17)15(16)8-4-3-5-9-15/h6-7,10H,3-5,8-9H2,1-2H3. The fourth-order valence-electron chi connectivity index (χ4n) is 2.58. The van der Waals surface area contributed by atoms with Gasteiger partial charge in [0.25, 0.3) is 0 Å². The largest absolute Gasteiger partial charge is 0.496 e. The smallest absolute Gasteiger partial charge is 0.183 e. The second-order valence-electron chi connectivity index (χ2n) is 5.06. The van der Waals surface area contributed by atoms with E-state index in [1.165, 1.54) is 6.42 Å². The Morgan fingerprint density at radius 3 is 2.56 bits per heavy atom. The lowest BCUT2D eigenvalue weighted by Gasteiger charge is -2.30. The Bertz CT molecular complexity index is 448. The molecule has 1 aliphatic carbocycles. The number of aryl methyl sites for hydroxylation is 1. The summed E-state index contributed by atoms with van der Waals surface area (Å²) in [4.78, 5) is 12.7. The molecule has 1 aromatic rings. The van der Waals surface area contributed by atoms with Crippen LogP contribution in [0.1, 0.15) is 48.0 Å². The molecule has 0 atom stereocenters.